The van der Waals surface area contributed by atoms with Crippen molar-refractivity contribution in [2.24, 2.45) is 7.05 Å². The molecule has 0 N–H and O–H groups in total. The molecular weight excluding hydrogens is 294 g/mol. The average Bonchev–Trinajstić information content (AvgIpc) is 2.85. The molecule has 0 bridgehead atoms. The van der Waals surface area contributed by atoms with Crippen LogP contribution in [0.25, 0.3) is 33.5 Å². The predicted molar refractivity (Wildman–Crippen MR) is 93.4 cm³/mol. The van der Waals surface area contributed by atoms with Crippen LogP contribution in [-0.2, 0) is 7.05 Å². The lowest BCUT2D eigenvalue weighted by Gasteiger charge is -2.06. The Hall–Kier alpha value is -2.39. The highest BCUT2D eigenvalue weighted by atomic mass is 35.5. The molecule has 2 heterocycles. The summed E-state index contributed by atoms with van der Waals surface area (Å²) < 4.78 is 2.10. The fourth-order valence-electron chi connectivity index (χ4n) is 2.84. The van der Waals surface area contributed by atoms with E-state index >= 15 is 0 Å². The number of benzene rings is 2. The summed E-state index contributed by atoms with van der Waals surface area (Å²) in [5, 5.41) is 1.19. The molecule has 0 fully saturated rings. The minimum absolute atomic E-state index is 0. The molecule has 0 atom stereocenters. The summed E-state index contributed by atoms with van der Waals surface area (Å²) in [6.07, 6.45) is 0. The standard InChI is InChI=1S/C18H15N3.ClH/c1-12-11-16(19-14-8-4-3-7-13(12)14)18-20-15-9-5-6-10-17(15)21(18)2;/h3-11H,1-2H3;1H. The largest absolute Gasteiger partial charge is 0.326 e. The van der Waals surface area contributed by atoms with Crippen molar-refractivity contribution in [2.75, 3.05) is 0 Å². The number of fused-ring (bicyclic) bond motifs is 2. The van der Waals surface area contributed by atoms with Crippen LogP contribution in [0.1, 0.15) is 5.56 Å². The van der Waals surface area contributed by atoms with E-state index in [1.54, 1.807) is 0 Å². The van der Waals surface area contributed by atoms with E-state index in [1.807, 2.05) is 37.4 Å². The number of pyridine rings is 1. The summed E-state index contributed by atoms with van der Waals surface area (Å²) in [4.78, 5) is 9.51. The maximum absolute atomic E-state index is 4.78. The number of aromatic nitrogens is 3. The van der Waals surface area contributed by atoms with Gasteiger partial charge in [0.15, 0.2) is 5.82 Å². The van der Waals surface area contributed by atoms with E-state index in [4.69, 9.17) is 9.97 Å². The van der Waals surface area contributed by atoms with Gasteiger partial charge in [-0.05, 0) is 36.8 Å². The number of hydrogen-bond donors (Lipinski definition) is 0. The molecule has 110 valence electrons. The fourth-order valence-corrected chi connectivity index (χ4v) is 2.84. The summed E-state index contributed by atoms with van der Waals surface area (Å²) in [5.41, 5.74) is 5.29. The number of hydrogen-bond acceptors (Lipinski definition) is 2. The van der Waals surface area contributed by atoms with Gasteiger partial charge in [0.25, 0.3) is 0 Å². The molecule has 0 radical (unpaired) electrons. The van der Waals surface area contributed by atoms with Crippen molar-refractivity contribution in [3.8, 4) is 11.5 Å². The molecule has 2 aromatic heterocycles. The van der Waals surface area contributed by atoms with Gasteiger partial charge in [-0.3, -0.25) is 0 Å². The quantitative estimate of drug-likeness (QED) is 0.517. The Morgan fingerprint density at radius 1 is 0.864 bits per heavy atom. The van der Waals surface area contributed by atoms with Gasteiger partial charge in [0.1, 0.15) is 5.69 Å². The molecule has 0 aliphatic carbocycles. The van der Waals surface area contributed by atoms with Crippen molar-refractivity contribution in [1.82, 2.24) is 14.5 Å². The van der Waals surface area contributed by atoms with Crippen molar-refractivity contribution in [2.45, 2.75) is 6.92 Å². The molecule has 4 aromatic rings. The summed E-state index contributed by atoms with van der Waals surface area (Å²) >= 11 is 0. The summed E-state index contributed by atoms with van der Waals surface area (Å²) in [7, 11) is 2.04. The van der Waals surface area contributed by atoms with Crippen molar-refractivity contribution < 1.29 is 0 Å². The molecule has 0 aliphatic heterocycles. The molecular formula is C18H16ClN3. The van der Waals surface area contributed by atoms with Crippen molar-refractivity contribution in [1.29, 1.82) is 0 Å². The monoisotopic (exact) mass is 309 g/mol. The maximum Gasteiger partial charge on any atom is 0.159 e. The lowest BCUT2D eigenvalue weighted by molar-refractivity contribution is 0.952. The zero-order chi connectivity index (χ0) is 14.4. The maximum atomic E-state index is 4.78. The Labute approximate surface area is 135 Å². The lowest BCUT2D eigenvalue weighted by atomic mass is 10.1. The first-order valence-corrected chi connectivity index (χ1v) is 7.02. The molecule has 4 heteroatoms. The molecule has 0 saturated carbocycles. The Bertz CT molecular complexity index is 973. The van der Waals surface area contributed by atoms with Gasteiger partial charge in [-0.25, -0.2) is 9.97 Å². The number of para-hydroxylation sites is 3. The molecule has 0 amide bonds. The lowest BCUT2D eigenvalue weighted by Crippen LogP contribution is -1.96. The third kappa shape index (κ3) is 2.14. The normalized spacial score (nSPS) is 10.8. The van der Waals surface area contributed by atoms with Gasteiger partial charge in [0.05, 0.1) is 16.6 Å². The Morgan fingerprint density at radius 3 is 2.32 bits per heavy atom. The molecule has 3 nitrogen and oxygen atoms in total. The van der Waals surface area contributed by atoms with E-state index in [0.29, 0.717) is 0 Å². The van der Waals surface area contributed by atoms with E-state index in [2.05, 4.69) is 35.8 Å². The first-order chi connectivity index (χ1) is 10.2. The topological polar surface area (TPSA) is 30.7 Å². The van der Waals surface area contributed by atoms with Crippen LogP contribution in [0.5, 0.6) is 0 Å². The molecule has 4 rings (SSSR count). The average molecular weight is 310 g/mol. The first kappa shape index (κ1) is 14.5. The van der Waals surface area contributed by atoms with E-state index in [9.17, 15) is 0 Å². The third-order valence-electron chi connectivity index (χ3n) is 3.94. The summed E-state index contributed by atoms with van der Waals surface area (Å²) in [6, 6.07) is 18.5. The zero-order valence-electron chi connectivity index (χ0n) is 12.4. The van der Waals surface area contributed by atoms with Crippen molar-refractivity contribution in [3.05, 3.63) is 60.2 Å². The van der Waals surface area contributed by atoms with Crippen LogP contribution in [0.4, 0.5) is 0 Å². The van der Waals surface area contributed by atoms with E-state index in [-0.39, 0.29) is 12.4 Å². The Balaban J connectivity index is 0.00000144. The van der Waals surface area contributed by atoms with E-state index in [1.165, 1.54) is 10.9 Å². The van der Waals surface area contributed by atoms with Crippen LogP contribution in [0, 0.1) is 6.92 Å². The SMILES string of the molecule is Cc1cc(-c2nc3ccccc3n2C)nc2ccccc12.Cl. The minimum atomic E-state index is 0. The van der Waals surface area contributed by atoms with Crippen molar-refractivity contribution >= 4 is 34.3 Å². The molecule has 0 aliphatic rings. The summed E-state index contributed by atoms with van der Waals surface area (Å²) in [5.74, 6) is 0.907. The number of rotatable bonds is 1. The minimum Gasteiger partial charge on any atom is -0.326 e. The Kier molecular flexibility index (Phi) is 3.59. The van der Waals surface area contributed by atoms with Crippen LogP contribution in [0.15, 0.2) is 54.6 Å². The van der Waals surface area contributed by atoms with E-state index < -0.39 is 0 Å². The number of imidazole rings is 1. The van der Waals surface area contributed by atoms with Crippen LogP contribution in [0.3, 0.4) is 0 Å². The number of halogens is 1. The van der Waals surface area contributed by atoms with Gasteiger partial charge in [-0.2, -0.15) is 0 Å². The second-order valence-electron chi connectivity index (χ2n) is 5.32. The van der Waals surface area contributed by atoms with Gasteiger partial charge in [0.2, 0.25) is 0 Å². The highest BCUT2D eigenvalue weighted by Gasteiger charge is 2.12. The smallest absolute Gasteiger partial charge is 0.159 e. The molecule has 0 saturated heterocycles. The van der Waals surface area contributed by atoms with Gasteiger partial charge < -0.3 is 4.57 Å². The Morgan fingerprint density at radius 2 is 1.55 bits per heavy atom. The van der Waals surface area contributed by atoms with Crippen LogP contribution < -0.4 is 0 Å². The van der Waals surface area contributed by atoms with Gasteiger partial charge in [-0.1, -0.05) is 30.3 Å². The number of aryl methyl sites for hydroxylation is 2. The van der Waals surface area contributed by atoms with Crippen LogP contribution in [-0.4, -0.2) is 14.5 Å². The van der Waals surface area contributed by atoms with E-state index in [0.717, 1.165) is 28.1 Å². The van der Waals surface area contributed by atoms with Gasteiger partial charge >= 0.3 is 0 Å². The van der Waals surface area contributed by atoms with Crippen molar-refractivity contribution in [3.63, 3.8) is 0 Å². The zero-order valence-corrected chi connectivity index (χ0v) is 13.3. The molecule has 22 heavy (non-hydrogen) atoms. The van der Waals surface area contributed by atoms with Gasteiger partial charge in [0, 0.05) is 12.4 Å². The second-order valence-corrected chi connectivity index (χ2v) is 5.32. The van der Waals surface area contributed by atoms with Gasteiger partial charge in [-0.15, -0.1) is 12.4 Å². The second kappa shape index (κ2) is 5.43. The predicted octanol–water partition coefficient (Wildman–Crippen LogP) is 4.52. The highest BCUT2D eigenvalue weighted by molar-refractivity contribution is 5.86. The summed E-state index contributed by atoms with van der Waals surface area (Å²) in [6.45, 7) is 2.12. The highest BCUT2D eigenvalue weighted by Crippen LogP contribution is 2.26. The molecule has 2 aromatic carbocycles. The van der Waals surface area contributed by atoms with Crippen LogP contribution in [0.2, 0.25) is 0 Å². The molecule has 0 unspecified atom stereocenters. The third-order valence-corrected chi connectivity index (χ3v) is 3.94. The fraction of sp³-hybridized carbons (Fsp3) is 0.111. The van der Waals surface area contributed by atoms with Crippen LogP contribution >= 0.6 is 12.4 Å². The first-order valence-electron chi connectivity index (χ1n) is 7.02. The number of nitrogens with zero attached hydrogens (tertiary/aromatic N) is 3. The molecule has 0 spiro atoms.